The van der Waals surface area contributed by atoms with Crippen LogP contribution in [0, 0.1) is 6.92 Å². The van der Waals surface area contributed by atoms with Gasteiger partial charge < -0.3 is 9.64 Å². The first-order chi connectivity index (χ1) is 9.25. The second-order valence-electron chi connectivity index (χ2n) is 4.60. The Kier molecular flexibility index (Phi) is 3.68. The molecule has 0 atom stereocenters. The Labute approximate surface area is 119 Å². The van der Waals surface area contributed by atoms with Crippen molar-refractivity contribution in [3.63, 3.8) is 0 Å². The molecular formula is C14H15NO2S2. The fourth-order valence-corrected chi connectivity index (χ4v) is 4.57. The van der Waals surface area contributed by atoms with Crippen LogP contribution in [-0.4, -0.2) is 26.3 Å². The van der Waals surface area contributed by atoms with Crippen molar-refractivity contribution in [2.24, 2.45) is 0 Å². The van der Waals surface area contributed by atoms with Crippen molar-refractivity contribution in [3.05, 3.63) is 39.4 Å². The van der Waals surface area contributed by atoms with E-state index in [4.69, 9.17) is 4.74 Å². The van der Waals surface area contributed by atoms with Crippen LogP contribution in [0.5, 0.6) is 0 Å². The van der Waals surface area contributed by atoms with E-state index >= 15 is 0 Å². The van der Waals surface area contributed by atoms with Crippen molar-refractivity contribution in [2.75, 3.05) is 31.2 Å². The van der Waals surface area contributed by atoms with E-state index in [1.165, 1.54) is 15.9 Å². The van der Waals surface area contributed by atoms with Crippen LogP contribution in [0.2, 0.25) is 0 Å². The second kappa shape index (κ2) is 5.45. The van der Waals surface area contributed by atoms with E-state index in [-0.39, 0.29) is 4.74 Å². The molecule has 0 amide bonds. The lowest BCUT2D eigenvalue weighted by atomic mass is 10.1. The molecule has 2 heterocycles. The molecule has 19 heavy (non-hydrogen) atoms. The minimum Gasteiger partial charge on any atom is -0.378 e. The SMILES string of the molecule is Cc1ccc(-c2c(N3CCOCC3)ssc2=O)cc1. The van der Waals surface area contributed by atoms with Crippen LogP contribution in [0.4, 0.5) is 5.00 Å². The van der Waals surface area contributed by atoms with E-state index in [1.807, 2.05) is 12.1 Å². The molecular weight excluding hydrogens is 278 g/mol. The Morgan fingerprint density at radius 3 is 2.47 bits per heavy atom. The van der Waals surface area contributed by atoms with Crippen molar-refractivity contribution in [2.45, 2.75) is 6.92 Å². The number of hydrogen-bond donors (Lipinski definition) is 0. The van der Waals surface area contributed by atoms with Crippen LogP contribution in [0.15, 0.2) is 29.1 Å². The molecule has 0 aliphatic carbocycles. The third kappa shape index (κ3) is 2.59. The van der Waals surface area contributed by atoms with Crippen LogP contribution in [-0.2, 0) is 4.74 Å². The molecule has 0 radical (unpaired) electrons. The van der Waals surface area contributed by atoms with Crippen LogP contribution in [0.3, 0.4) is 0 Å². The highest BCUT2D eigenvalue weighted by atomic mass is 32.9. The summed E-state index contributed by atoms with van der Waals surface area (Å²) >= 11 is 0. The number of morpholine rings is 1. The van der Waals surface area contributed by atoms with E-state index in [9.17, 15) is 4.79 Å². The number of rotatable bonds is 2. The van der Waals surface area contributed by atoms with Gasteiger partial charge in [0.1, 0.15) is 5.00 Å². The van der Waals surface area contributed by atoms with E-state index in [0.717, 1.165) is 42.4 Å². The molecule has 5 heteroatoms. The van der Waals surface area contributed by atoms with Gasteiger partial charge in [0, 0.05) is 13.1 Å². The molecule has 0 unspecified atom stereocenters. The van der Waals surface area contributed by atoms with Gasteiger partial charge in [-0.1, -0.05) is 40.2 Å². The molecule has 1 aromatic heterocycles. The van der Waals surface area contributed by atoms with Gasteiger partial charge in [0.25, 0.3) is 4.74 Å². The normalized spacial score (nSPS) is 15.7. The summed E-state index contributed by atoms with van der Waals surface area (Å²) in [5, 5.41) is 1.10. The summed E-state index contributed by atoms with van der Waals surface area (Å²) < 4.78 is 5.54. The van der Waals surface area contributed by atoms with Crippen LogP contribution in [0.1, 0.15) is 5.56 Å². The molecule has 0 N–H and O–H groups in total. The number of nitrogens with zero attached hydrogens (tertiary/aromatic N) is 1. The van der Waals surface area contributed by atoms with Crippen molar-refractivity contribution in [1.82, 2.24) is 0 Å². The maximum absolute atomic E-state index is 12.1. The lowest BCUT2D eigenvalue weighted by Gasteiger charge is -2.28. The van der Waals surface area contributed by atoms with E-state index in [2.05, 4.69) is 24.0 Å². The van der Waals surface area contributed by atoms with Gasteiger partial charge in [-0.3, -0.25) is 4.79 Å². The predicted molar refractivity (Wildman–Crippen MR) is 81.7 cm³/mol. The monoisotopic (exact) mass is 293 g/mol. The molecule has 3 rings (SSSR count). The molecule has 1 aliphatic rings. The largest absolute Gasteiger partial charge is 0.378 e. The van der Waals surface area contributed by atoms with Crippen molar-refractivity contribution < 1.29 is 4.74 Å². The highest BCUT2D eigenvalue weighted by Crippen LogP contribution is 2.35. The first kappa shape index (κ1) is 12.8. The first-order valence-corrected chi connectivity index (χ1v) is 8.43. The van der Waals surface area contributed by atoms with Gasteiger partial charge in [0.15, 0.2) is 0 Å². The van der Waals surface area contributed by atoms with Gasteiger partial charge in [0.05, 0.1) is 18.8 Å². The van der Waals surface area contributed by atoms with Crippen molar-refractivity contribution in [3.8, 4) is 11.1 Å². The molecule has 0 saturated carbocycles. The van der Waals surface area contributed by atoms with Crippen LogP contribution in [0.25, 0.3) is 11.1 Å². The number of aryl methyl sites for hydroxylation is 1. The Morgan fingerprint density at radius 1 is 1.11 bits per heavy atom. The summed E-state index contributed by atoms with van der Waals surface area (Å²) in [6.45, 7) is 5.27. The molecule has 100 valence electrons. The number of anilines is 1. The number of ether oxygens (including phenoxy) is 1. The molecule has 1 aromatic carbocycles. The summed E-state index contributed by atoms with van der Waals surface area (Å²) in [7, 11) is 2.91. The van der Waals surface area contributed by atoms with Gasteiger partial charge in [-0.25, -0.2) is 0 Å². The fourth-order valence-electron chi connectivity index (χ4n) is 2.19. The fraction of sp³-hybridized carbons (Fsp3) is 0.357. The average molecular weight is 293 g/mol. The van der Waals surface area contributed by atoms with E-state index in [1.54, 1.807) is 10.3 Å². The Hall–Kier alpha value is -1.17. The number of hydrogen-bond acceptors (Lipinski definition) is 5. The lowest BCUT2D eigenvalue weighted by molar-refractivity contribution is 0.123. The zero-order chi connectivity index (χ0) is 13.2. The molecule has 3 nitrogen and oxygen atoms in total. The second-order valence-corrected chi connectivity index (χ2v) is 6.69. The summed E-state index contributed by atoms with van der Waals surface area (Å²) in [5.41, 5.74) is 3.09. The van der Waals surface area contributed by atoms with Gasteiger partial charge in [-0.15, -0.1) is 0 Å². The van der Waals surface area contributed by atoms with E-state index in [0.29, 0.717) is 0 Å². The molecule has 1 saturated heterocycles. The highest BCUT2D eigenvalue weighted by Gasteiger charge is 2.20. The summed E-state index contributed by atoms with van der Waals surface area (Å²) in [4.78, 5) is 14.4. The maximum atomic E-state index is 12.1. The zero-order valence-electron chi connectivity index (χ0n) is 10.7. The van der Waals surface area contributed by atoms with Crippen LogP contribution >= 0.6 is 20.7 Å². The van der Waals surface area contributed by atoms with Crippen molar-refractivity contribution in [1.29, 1.82) is 0 Å². The Balaban J connectivity index is 2.02. The molecule has 2 aromatic rings. The topological polar surface area (TPSA) is 29.5 Å². The standard InChI is InChI=1S/C14H15NO2S2/c1-10-2-4-11(5-3-10)12-13(18-19-14(12)16)15-6-8-17-9-7-15/h2-5H,6-9H2,1H3. The van der Waals surface area contributed by atoms with Gasteiger partial charge in [-0.05, 0) is 22.8 Å². The average Bonchev–Trinajstić information content (AvgIpc) is 2.83. The molecule has 1 fully saturated rings. The van der Waals surface area contributed by atoms with Gasteiger partial charge in [-0.2, -0.15) is 0 Å². The number of benzene rings is 1. The third-order valence-corrected chi connectivity index (χ3v) is 5.49. The zero-order valence-corrected chi connectivity index (χ0v) is 12.4. The molecule has 1 aliphatic heterocycles. The first-order valence-electron chi connectivity index (χ1n) is 6.28. The lowest BCUT2D eigenvalue weighted by Crippen LogP contribution is -2.36. The predicted octanol–water partition coefficient (Wildman–Crippen LogP) is 2.98. The van der Waals surface area contributed by atoms with Crippen LogP contribution < -0.4 is 9.64 Å². The molecule has 0 bridgehead atoms. The van der Waals surface area contributed by atoms with E-state index < -0.39 is 0 Å². The smallest absolute Gasteiger partial charge is 0.252 e. The maximum Gasteiger partial charge on any atom is 0.252 e. The minimum atomic E-state index is 0.162. The quantitative estimate of drug-likeness (QED) is 0.797. The molecule has 0 spiro atoms. The summed E-state index contributed by atoms with van der Waals surface area (Å²) in [5.74, 6) is 0. The van der Waals surface area contributed by atoms with Gasteiger partial charge >= 0.3 is 0 Å². The highest BCUT2D eigenvalue weighted by molar-refractivity contribution is 7.70. The minimum absolute atomic E-state index is 0.162. The summed E-state index contributed by atoms with van der Waals surface area (Å²) in [6.07, 6.45) is 0. The van der Waals surface area contributed by atoms with Gasteiger partial charge in [0.2, 0.25) is 0 Å². The van der Waals surface area contributed by atoms with Crippen molar-refractivity contribution >= 4 is 25.7 Å². The Bertz CT molecular complexity index is 609. The Morgan fingerprint density at radius 2 is 1.79 bits per heavy atom. The third-order valence-electron chi connectivity index (χ3n) is 3.25. The summed E-state index contributed by atoms with van der Waals surface area (Å²) in [6, 6.07) is 8.19.